The van der Waals surface area contributed by atoms with Crippen LogP contribution in [0.1, 0.15) is 0 Å². The molecule has 4 nitrogen and oxygen atoms in total. The molecule has 0 aromatic carbocycles. The third-order valence-corrected chi connectivity index (χ3v) is 4.60. The molecule has 0 aromatic heterocycles. The number of fused-ring (bicyclic) bond motifs is 1. The zero-order valence-electron chi connectivity index (χ0n) is 7.70. The number of methoxy groups -OCH3 is 1. The molecule has 0 aliphatic carbocycles. The zero-order chi connectivity index (χ0) is 11.2. The van der Waals surface area contributed by atoms with Gasteiger partial charge in [0.05, 0.1) is 12.1 Å². The number of hydrogen-bond acceptors (Lipinski definition) is 4. The van der Waals surface area contributed by atoms with Crippen molar-refractivity contribution in [3.63, 3.8) is 0 Å². The number of rotatable bonds is 1. The van der Waals surface area contributed by atoms with Gasteiger partial charge in [0.15, 0.2) is 0 Å². The normalized spacial score (nSPS) is 29.8. The van der Waals surface area contributed by atoms with Gasteiger partial charge >= 0.3 is 5.97 Å². The van der Waals surface area contributed by atoms with E-state index in [2.05, 4.69) is 4.74 Å². The highest BCUT2D eigenvalue weighted by molar-refractivity contribution is 8.00. The van der Waals surface area contributed by atoms with Gasteiger partial charge in [0, 0.05) is 5.75 Å². The number of amides is 1. The van der Waals surface area contributed by atoms with Crippen molar-refractivity contribution in [2.24, 2.45) is 0 Å². The van der Waals surface area contributed by atoms with Gasteiger partial charge in [-0.25, -0.2) is 4.79 Å². The topological polar surface area (TPSA) is 46.6 Å². The Bertz CT molecular complexity index is 371. The van der Waals surface area contributed by atoms with Crippen LogP contribution in [0.4, 0.5) is 0 Å². The van der Waals surface area contributed by atoms with Gasteiger partial charge in [-0.1, -0.05) is 23.2 Å². The average molecular weight is 268 g/mol. The van der Waals surface area contributed by atoms with Crippen LogP contribution in [-0.2, 0) is 14.3 Å². The maximum atomic E-state index is 11.7. The molecule has 0 unspecified atom stereocenters. The van der Waals surface area contributed by atoms with E-state index >= 15 is 0 Å². The third-order valence-electron chi connectivity index (χ3n) is 2.32. The van der Waals surface area contributed by atoms with Gasteiger partial charge in [0.2, 0.25) is 0 Å². The molecule has 7 heteroatoms. The van der Waals surface area contributed by atoms with Gasteiger partial charge in [0.25, 0.3) is 5.91 Å². The Morgan fingerprint density at radius 2 is 2.27 bits per heavy atom. The van der Waals surface area contributed by atoms with Crippen LogP contribution in [0, 0.1) is 0 Å². The molecule has 0 spiro atoms. The van der Waals surface area contributed by atoms with E-state index in [4.69, 9.17) is 23.2 Å². The van der Waals surface area contributed by atoms with Crippen LogP contribution in [0.2, 0.25) is 0 Å². The van der Waals surface area contributed by atoms with Crippen molar-refractivity contribution in [1.82, 2.24) is 4.90 Å². The van der Waals surface area contributed by atoms with Gasteiger partial charge in [-0.2, -0.15) is 0 Å². The summed E-state index contributed by atoms with van der Waals surface area (Å²) in [6.45, 7) is 0. The van der Waals surface area contributed by atoms with E-state index in [1.807, 2.05) is 0 Å². The predicted octanol–water partition coefficient (Wildman–Crippen LogP) is 1.13. The lowest BCUT2D eigenvalue weighted by atomic mass is 10.3. The average Bonchev–Trinajstić information content (AvgIpc) is 2.75. The van der Waals surface area contributed by atoms with Crippen LogP contribution in [0.3, 0.4) is 0 Å². The summed E-state index contributed by atoms with van der Waals surface area (Å²) in [5.41, 5.74) is 0. The Morgan fingerprint density at radius 3 is 2.87 bits per heavy atom. The second kappa shape index (κ2) is 3.88. The number of nitrogens with zero attached hydrogens (tertiary/aromatic N) is 1. The van der Waals surface area contributed by atoms with E-state index in [0.29, 0.717) is 10.8 Å². The van der Waals surface area contributed by atoms with E-state index < -0.39 is 17.9 Å². The lowest BCUT2D eigenvalue weighted by Gasteiger charge is -2.21. The monoisotopic (exact) mass is 267 g/mol. The molecule has 2 rings (SSSR count). The van der Waals surface area contributed by atoms with Crippen molar-refractivity contribution in [3.8, 4) is 0 Å². The molecule has 0 N–H and O–H groups in total. The first-order valence-corrected chi connectivity index (χ1v) is 5.95. The second-order valence-electron chi connectivity index (χ2n) is 3.10. The van der Waals surface area contributed by atoms with Crippen LogP contribution in [0.15, 0.2) is 10.1 Å². The van der Waals surface area contributed by atoms with Gasteiger partial charge in [0.1, 0.15) is 16.4 Å². The highest BCUT2D eigenvalue weighted by atomic mass is 35.5. The minimum absolute atomic E-state index is 0.00256. The second-order valence-corrected chi connectivity index (χ2v) is 5.00. The maximum absolute atomic E-state index is 11.7. The van der Waals surface area contributed by atoms with E-state index in [9.17, 15) is 9.59 Å². The highest BCUT2D eigenvalue weighted by Gasteiger charge is 2.49. The Hall–Kier alpha value is -0.390. The molecular weight excluding hydrogens is 261 g/mol. The molecular formula is C8H7Cl2NO3S. The van der Waals surface area contributed by atoms with Crippen molar-refractivity contribution < 1.29 is 14.3 Å². The lowest BCUT2D eigenvalue weighted by molar-refractivity contribution is -0.149. The quantitative estimate of drug-likeness (QED) is 0.669. The molecule has 1 saturated heterocycles. The molecule has 2 aliphatic heterocycles. The van der Waals surface area contributed by atoms with Crippen molar-refractivity contribution >= 4 is 46.8 Å². The molecule has 1 fully saturated rings. The summed E-state index contributed by atoms with van der Waals surface area (Å²) in [6, 6.07) is -0.581. The van der Waals surface area contributed by atoms with E-state index in [0.717, 1.165) is 0 Å². The number of esters is 1. The number of thioether (sulfide) groups is 1. The standard InChI is InChI=1S/C8H7Cl2NO3S/c1-14-8(13)3-2-15-7-5(10)4(9)6(12)11(3)7/h3,7H,2H2,1H3/t3-,7+/m1/s1. The Kier molecular flexibility index (Phi) is 2.87. The van der Waals surface area contributed by atoms with Gasteiger partial charge in [-0.15, -0.1) is 11.8 Å². The predicted molar refractivity (Wildman–Crippen MR) is 57.6 cm³/mol. The number of carbonyl (C=O) groups is 2. The van der Waals surface area contributed by atoms with Crippen LogP contribution in [0.5, 0.6) is 0 Å². The fourth-order valence-electron chi connectivity index (χ4n) is 1.59. The molecule has 2 aliphatic rings. The van der Waals surface area contributed by atoms with Gasteiger partial charge in [-0.05, 0) is 0 Å². The van der Waals surface area contributed by atoms with E-state index in [1.165, 1.54) is 23.8 Å². The number of carbonyl (C=O) groups excluding carboxylic acids is 2. The Labute approximate surface area is 101 Å². The molecule has 0 bridgehead atoms. The van der Waals surface area contributed by atoms with Gasteiger partial charge in [-0.3, -0.25) is 4.79 Å². The summed E-state index contributed by atoms with van der Waals surface area (Å²) in [5.74, 6) is -0.343. The summed E-state index contributed by atoms with van der Waals surface area (Å²) in [7, 11) is 1.29. The summed E-state index contributed by atoms with van der Waals surface area (Å²) < 4.78 is 4.61. The Balaban J connectivity index is 2.27. The molecule has 0 radical (unpaired) electrons. The SMILES string of the molecule is COC(=O)[C@H]1CS[C@H]2C(Cl)=C(Cl)C(=O)N12. The maximum Gasteiger partial charge on any atom is 0.329 e. The third kappa shape index (κ3) is 1.53. The van der Waals surface area contributed by atoms with Crippen LogP contribution in [-0.4, -0.2) is 41.1 Å². The van der Waals surface area contributed by atoms with Crippen LogP contribution < -0.4 is 0 Å². The summed E-state index contributed by atoms with van der Waals surface area (Å²) in [5, 5.41) is -0.0170. The number of ether oxygens (including phenoxy) is 1. The molecule has 0 aromatic rings. The van der Waals surface area contributed by atoms with Gasteiger partial charge < -0.3 is 9.64 Å². The first-order chi connectivity index (χ1) is 7.07. The Morgan fingerprint density at radius 1 is 1.60 bits per heavy atom. The molecule has 2 heterocycles. The molecule has 82 valence electrons. The van der Waals surface area contributed by atoms with Crippen molar-refractivity contribution in [3.05, 3.63) is 10.1 Å². The first kappa shape index (κ1) is 11.1. The van der Waals surface area contributed by atoms with E-state index in [-0.39, 0.29) is 10.4 Å². The summed E-state index contributed by atoms with van der Waals surface area (Å²) in [4.78, 5) is 24.4. The summed E-state index contributed by atoms with van der Waals surface area (Å²) >= 11 is 13.0. The van der Waals surface area contributed by atoms with Crippen LogP contribution >= 0.6 is 35.0 Å². The number of halogens is 2. The fourth-order valence-corrected chi connectivity index (χ4v) is 3.56. The summed E-state index contributed by atoms with van der Waals surface area (Å²) in [6.07, 6.45) is 0. The minimum atomic E-state index is -0.581. The largest absolute Gasteiger partial charge is 0.467 e. The van der Waals surface area contributed by atoms with Crippen molar-refractivity contribution in [2.45, 2.75) is 11.4 Å². The molecule has 0 saturated carbocycles. The smallest absolute Gasteiger partial charge is 0.329 e. The zero-order valence-corrected chi connectivity index (χ0v) is 10.0. The molecule has 1 amide bonds. The van der Waals surface area contributed by atoms with Crippen LogP contribution in [0.25, 0.3) is 0 Å². The van der Waals surface area contributed by atoms with Crippen molar-refractivity contribution in [1.29, 1.82) is 0 Å². The molecule has 2 atom stereocenters. The molecule has 15 heavy (non-hydrogen) atoms. The fraction of sp³-hybridized carbons (Fsp3) is 0.500. The highest BCUT2D eigenvalue weighted by Crippen LogP contribution is 2.44. The number of hydrogen-bond donors (Lipinski definition) is 0. The first-order valence-electron chi connectivity index (χ1n) is 4.15. The van der Waals surface area contributed by atoms with Crippen molar-refractivity contribution in [2.75, 3.05) is 12.9 Å². The van der Waals surface area contributed by atoms with E-state index in [1.54, 1.807) is 0 Å². The lowest BCUT2D eigenvalue weighted by Crippen LogP contribution is -2.43. The minimum Gasteiger partial charge on any atom is -0.467 e.